The van der Waals surface area contributed by atoms with Gasteiger partial charge in [-0.05, 0) is 43.9 Å². The van der Waals surface area contributed by atoms with E-state index < -0.39 is 35.6 Å². The molecule has 3 aliphatic rings. The quantitative estimate of drug-likeness (QED) is 0.833. The molecule has 8 heteroatoms. The third kappa shape index (κ3) is 2.41. The van der Waals surface area contributed by atoms with Crippen LogP contribution in [0.3, 0.4) is 0 Å². The van der Waals surface area contributed by atoms with Crippen LogP contribution in [0.1, 0.15) is 72.6 Å². The van der Waals surface area contributed by atoms with Crippen LogP contribution >= 0.6 is 0 Å². The topological polar surface area (TPSA) is 55.1 Å². The van der Waals surface area contributed by atoms with Gasteiger partial charge in [0, 0.05) is 5.92 Å². The second-order valence-electron chi connectivity index (χ2n) is 7.70. The summed E-state index contributed by atoms with van der Waals surface area (Å²) in [5.41, 5.74) is -4.01. The molecule has 3 saturated carbocycles. The van der Waals surface area contributed by atoms with Crippen molar-refractivity contribution in [3.05, 3.63) is 17.0 Å². The minimum atomic E-state index is -4.80. The van der Waals surface area contributed by atoms with Crippen LogP contribution in [0, 0.1) is 5.41 Å². The van der Waals surface area contributed by atoms with E-state index in [0.717, 1.165) is 23.9 Å². The molecule has 0 atom stereocenters. The van der Waals surface area contributed by atoms with Gasteiger partial charge in [0.15, 0.2) is 5.69 Å². The SMILES string of the molecule is O=C(O)c1c(C(F)(F)F)c(C2CC2)nn1CC1(F)CC2(CCC2)C1. The minimum Gasteiger partial charge on any atom is -0.477 e. The molecule has 132 valence electrons. The second kappa shape index (κ2) is 4.73. The molecule has 24 heavy (non-hydrogen) atoms. The minimum absolute atomic E-state index is 0.00251. The first-order valence-corrected chi connectivity index (χ1v) is 8.23. The zero-order chi connectivity index (χ0) is 17.3. The van der Waals surface area contributed by atoms with Crippen molar-refractivity contribution in [2.24, 2.45) is 5.41 Å². The maximum atomic E-state index is 14.9. The highest BCUT2D eigenvalue weighted by Gasteiger charge is 2.58. The van der Waals surface area contributed by atoms with Crippen LogP contribution < -0.4 is 0 Å². The highest BCUT2D eigenvalue weighted by Crippen LogP contribution is 2.62. The Bertz CT molecular complexity index is 694. The van der Waals surface area contributed by atoms with E-state index in [4.69, 9.17) is 0 Å². The average molecular weight is 346 g/mol. The Balaban J connectivity index is 1.68. The fourth-order valence-electron chi connectivity index (χ4n) is 4.44. The molecule has 4 rings (SSSR count). The molecule has 0 aromatic carbocycles. The number of hydrogen-bond acceptors (Lipinski definition) is 2. The van der Waals surface area contributed by atoms with E-state index in [1.165, 1.54) is 0 Å². The molecule has 1 aromatic rings. The normalized spacial score (nSPS) is 24.5. The van der Waals surface area contributed by atoms with Crippen LogP contribution in [0.2, 0.25) is 0 Å². The molecule has 0 bridgehead atoms. The molecule has 0 unspecified atom stereocenters. The van der Waals surface area contributed by atoms with Crippen molar-refractivity contribution in [2.45, 2.75) is 69.3 Å². The van der Waals surface area contributed by atoms with E-state index in [0.29, 0.717) is 25.7 Å². The van der Waals surface area contributed by atoms with Crippen molar-refractivity contribution in [2.75, 3.05) is 0 Å². The Morgan fingerprint density at radius 3 is 2.33 bits per heavy atom. The number of carbonyl (C=O) groups is 1. The molecule has 3 aliphatic carbocycles. The Kier molecular flexibility index (Phi) is 3.13. The van der Waals surface area contributed by atoms with Crippen LogP contribution in [0.5, 0.6) is 0 Å². The van der Waals surface area contributed by atoms with Gasteiger partial charge in [0.05, 0.1) is 12.2 Å². The zero-order valence-corrected chi connectivity index (χ0v) is 13.0. The number of aromatic carboxylic acids is 1. The first-order chi connectivity index (χ1) is 11.1. The van der Waals surface area contributed by atoms with Gasteiger partial charge in [0.2, 0.25) is 0 Å². The lowest BCUT2D eigenvalue weighted by Crippen LogP contribution is -2.54. The molecular formula is C16H18F4N2O2. The summed E-state index contributed by atoms with van der Waals surface area (Å²) in [5.74, 6) is -2.07. The fraction of sp³-hybridized carbons (Fsp3) is 0.750. The Morgan fingerprint density at radius 2 is 1.92 bits per heavy atom. The molecule has 0 aliphatic heterocycles. The molecule has 0 amide bonds. The highest BCUT2D eigenvalue weighted by molar-refractivity contribution is 5.88. The molecule has 3 fully saturated rings. The summed E-state index contributed by atoms with van der Waals surface area (Å²) in [6.07, 6.45) is -0.149. The average Bonchev–Trinajstić information content (AvgIpc) is 3.14. The number of halogens is 4. The summed E-state index contributed by atoms with van der Waals surface area (Å²) < 4.78 is 55.8. The predicted octanol–water partition coefficient (Wildman–Crippen LogP) is 4.15. The lowest BCUT2D eigenvalue weighted by atomic mass is 9.50. The molecule has 0 radical (unpaired) electrons. The van der Waals surface area contributed by atoms with Crippen molar-refractivity contribution < 1.29 is 27.5 Å². The van der Waals surface area contributed by atoms with Crippen molar-refractivity contribution in [1.82, 2.24) is 9.78 Å². The number of rotatable bonds is 4. The second-order valence-corrected chi connectivity index (χ2v) is 7.70. The van der Waals surface area contributed by atoms with Gasteiger partial charge >= 0.3 is 12.1 Å². The van der Waals surface area contributed by atoms with Gasteiger partial charge in [-0.3, -0.25) is 4.68 Å². The third-order valence-corrected chi connectivity index (χ3v) is 5.66. The summed E-state index contributed by atoms with van der Waals surface area (Å²) in [7, 11) is 0. The highest BCUT2D eigenvalue weighted by atomic mass is 19.4. The summed E-state index contributed by atoms with van der Waals surface area (Å²) >= 11 is 0. The maximum absolute atomic E-state index is 14.9. The van der Waals surface area contributed by atoms with Crippen molar-refractivity contribution in [3.8, 4) is 0 Å². The van der Waals surface area contributed by atoms with Gasteiger partial charge < -0.3 is 5.11 Å². The van der Waals surface area contributed by atoms with E-state index in [1.807, 2.05) is 0 Å². The van der Waals surface area contributed by atoms with Crippen LogP contribution in [-0.4, -0.2) is 26.5 Å². The first-order valence-electron chi connectivity index (χ1n) is 8.23. The van der Waals surface area contributed by atoms with Gasteiger partial charge in [-0.15, -0.1) is 0 Å². The van der Waals surface area contributed by atoms with E-state index in [9.17, 15) is 27.5 Å². The van der Waals surface area contributed by atoms with Gasteiger partial charge in [-0.1, -0.05) is 6.42 Å². The van der Waals surface area contributed by atoms with Crippen molar-refractivity contribution >= 4 is 5.97 Å². The maximum Gasteiger partial charge on any atom is 0.420 e. The Hall–Kier alpha value is -1.60. The standard InChI is InChI=1S/C16H18F4N2O2/c17-15(6-14(7-15)4-1-5-14)8-22-12(13(23)24)10(16(18,19)20)11(21-22)9-2-3-9/h9H,1-8H2,(H,23,24). The lowest BCUT2D eigenvalue weighted by Gasteiger charge is -2.57. The number of carboxylic acids is 1. The van der Waals surface area contributed by atoms with Crippen LogP contribution in [0.25, 0.3) is 0 Å². The molecule has 1 spiro atoms. The molecule has 1 N–H and O–H groups in total. The van der Waals surface area contributed by atoms with Gasteiger partial charge in [-0.2, -0.15) is 18.3 Å². The van der Waals surface area contributed by atoms with Crippen LogP contribution in [0.4, 0.5) is 17.6 Å². The first kappa shape index (κ1) is 15.9. The summed E-state index contributed by atoms with van der Waals surface area (Å²) in [6.45, 7) is -0.411. The fourth-order valence-corrected chi connectivity index (χ4v) is 4.44. The molecule has 1 aromatic heterocycles. The Labute approximate surface area is 135 Å². The number of aromatic nitrogens is 2. The number of carboxylic acid groups (broad SMARTS) is 1. The Morgan fingerprint density at radius 1 is 1.29 bits per heavy atom. The van der Waals surface area contributed by atoms with E-state index in [2.05, 4.69) is 5.10 Å². The van der Waals surface area contributed by atoms with E-state index >= 15 is 0 Å². The number of alkyl halides is 4. The summed E-state index contributed by atoms with van der Waals surface area (Å²) in [5, 5.41) is 13.2. The zero-order valence-electron chi connectivity index (χ0n) is 13.0. The smallest absolute Gasteiger partial charge is 0.420 e. The van der Waals surface area contributed by atoms with Crippen LogP contribution in [-0.2, 0) is 12.7 Å². The molecule has 1 heterocycles. The van der Waals surface area contributed by atoms with E-state index in [1.54, 1.807) is 0 Å². The molecule has 4 nitrogen and oxygen atoms in total. The number of hydrogen-bond donors (Lipinski definition) is 1. The summed E-state index contributed by atoms with van der Waals surface area (Å²) in [4.78, 5) is 11.4. The van der Waals surface area contributed by atoms with Gasteiger partial charge in [-0.25, -0.2) is 9.18 Å². The van der Waals surface area contributed by atoms with E-state index in [-0.39, 0.29) is 17.0 Å². The van der Waals surface area contributed by atoms with Crippen LogP contribution in [0.15, 0.2) is 0 Å². The lowest BCUT2D eigenvalue weighted by molar-refractivity contribution is -0.139. The molecular weight excluding hydrogens is 328 g/mol. The van der Waals surface area contributed by atoms with Crippen molar-refractivity contribution in [1.29, 1.82) is 0 Å². The predicted molar refractivity (Wildman–Crippen MR) is 75.5 cm³/mol. The van der Waals surface area contributed by atoms with Gasteiger partial charge in [0.1, 0.15) is 11.2 Å². The van der Waals surface area contributed by atoms with Crippen molar-refractivity contribution in [3.63, 3.8) is 0 Å². The summed E-state index contributed by atoms with van der Waals surface area (Å²) in [6, 6.07) is 0. The largest absolute Gasteiger partial charge is 0.477 e. The number of nitrogens with zero attached hydrogens (tertiary/aromatic N) is 2. The van der Waals surface area contributed by atoms with Gasteiger partial charge in [0.25, 0.3) is 0 Å². The monoisotopic (exact) mass is 346 g/mol. The third-order valence-electron chi connectivity index (χ3n) is 5.66. The molecule has 0 saturated heterocycles.